The van der Waals surface area contributed by atoms with Crippen LogP contribution in [0.3, 0.4) is 0 Å². The molecule has 0 spiro atoms. The number of carbonyl (C=O) groups excluding carboxylic acids is 1. The van der Waals surface area contributed by atoms with Gasteiger partial charge in [0.05, 0.1) is 11.9 Å². The van der Waals surface area contributed by atoms with E-state index in [-0.39, 0.29) is 12.3 Å². The molecule has 2 aromatic carbocycles. The minimum Gasteiger partial charge on any atom is -0.469 e. The summed E-state index contributed by atoms with van der Waals surface area (Å²) in [6.45, 7) is 0. The molecule has 0 saturated carbocycles. The molecule has 0 aliphatic carbocycles. The van der Waals surface area contributed by atoms with Crippen LogP contribution in [0, 0.1) is 0 Å². The van der Waals surface area contributed by atoms with Crippen LogP contribution in [0.15, 0.2) is 108 Å². The van der Waals surface area contributed by atoms with Gasteiger partial charge in [-0.3, -0.25) is 9.36 Å². The van der Waals surface area contributed by atoms with Crippen molar-refractivity contribution in [3.8, 4) is 0 Å². The molecule has 5 heteroatoms. The standard InChI is InChI=1S/C23H20NO3P/c25-23(24-15-7-8-16-24)18-22(21-14-9-17-27-21)28(26,19-10-3-1-4-11-19)20-12-5-2-6-13-20/h1-17,22H,18H2/t22-/m0/s1. The van der Waals surface area contributed by atoms with Crippen LogP contribution in [0.4, 0.5) is 0 Å². The van der Waals surface area contributed by atoms with Gasteiger partial charge in [-0.2, -0.15) is 0 Å². The molecule has 0 radical (unpaired) electrons. The molecule has 2 aromatic heterocycles. The first-order valence-corrected chi connectivity index (χ1v) is 10.9. The molecule has 140 valence electrons. The van der Waals surface area contributed by atoms with E-state index in [1.54, 1.807) is 42.9 Å². The van der Waals surface area contributed by atoms with Crippen molar-refractivity contribution >= 4 is 23.7 Å². The number of hydrogen-bond donors (Lipinski definition) is 0. The molecule has 2 heterocycles. The Bertz CT molecular complexity index is 1030. The summed E-state index contributed by atoms with van der Waals surface area (Å²) >= 11 is 0. The molecular weight excluding hydrogens is 369 g/mol. The molecule has 0 fully saturated rings. The maximum Gasteiger partial charge on any atom is 0.231 e. The van der Waals surface area contributed by atoms with Crippen LogP contribution >= 0.6 is 7.14 Å². The van der Waals surface area contributed by atoms with Crippen LogP contribution in [0.5, 0.6) is 0 Å². The van der Waals surface area contributed by atoms with Gasteiger partial charge in [0, 0.05) is 29.4 Å². The van der Waals surface area contributed by atoms with E-state index >= 15 is 0 Å². The minimum atomic E-state index is -3.21. The highest BCUT2D eigenvalue weighted by atomic mass is 31.2. The maximum atomic E-state index is 14.7. The number of furan rings is 1. The highest BCUT2D eigenvalue weighted by Gasteiger charge is 2.40. The third-order valence-corrected chi connectivity index (χ3v) is 8.30. The van der Waals surface area contributed by atoms with E-state index in [0.717, 1.165) is 0 Å². The summed E-state index contributed by atoms with van der Waals surface area (Å²) in [6.07, 6.45) is 5.04. The molecule has 0 saturated heterocycles. The fourth-order valence-corrected chi connectivity index (χ4v) is 6.64. The van der Waals surface area contributed by atoms with Gasteiger partial charge in [-0.05, 0) is 24.3 Å². The van der Waals surface area contributed by atoms with Crippen molar-refractivity contribution < 1.29 is 13.8 Å². The van der Waals surface area contributed by atoms with Gasteiger partial charge in [-0.15, -0.1) is 0 Å². The fourth-order valence-electron chi connectivity index (χ4n) is 3.47. The van der Waals surface area contributed by atoms with E-state index in [1.165, 1.54) is 4.57 Å². The lowest BCUT2D eigenvalue weighted by molar-refractivity contribution is 0.0899. The van der Waals surface area contributed by atoms with E-state index in [2.05, 4.69) is 0 Å². The third kappa shape index (κ3) is 3.39. The number of carbonyl (C=O) groups is 1. The summed E-state index contributed by atoms with van der Waals surface area (Å²) in [6, 6.07) is 25.9. The summed E-state index contributed by atoms with van der Waals surface area (Å²) in [5.41, 5.74) is -0.595. The van der Waals surface area contributed by atoms with Crippen molar-refractivity contribution in [2.24, 2.45) is 0 Å². The number of benzene rings is 2. The van der Waals surface area contributed by atoms with Gasteiger partial charge in [-0.25, -0.2) is 0 Å². The lowest BCUT2D eigenvalue weighted by Crippen LogP contribution is -2.24. The van der Waals surface area contributed by atoms with Gasteiger partial charge in [0.15, 0.2) is 7.14 Å². The van der Waals surface area contributed by atoms with Crippen LogP contribution in [0.2, 0.25) is 0 Å². The second-order valence-electron chi connectivity index (χ2n) is 6.55. The van der Waals surface area contributed by atoms with E-state index in [0.29, 0.717) is 16.4 Å². The summed E-state index contributed by atoms with van der Waals surface area (Å²) in [5, 5.41) is 1.42. The van der Waals surface area contributed by atoms with Crippen LogP contribution in [-0.2, 0) is 4.57 Å². The zero-order valence-corrected chi connectivity index (χ0v) is 16.1. The summed E-state index contributed by atoms with van der Waals surface area (Å²) in [7, 11) is -3.21. The molecule has 4 nitrogen and oxygen atoms in total. The second kappa shape index (κ2) is 7.87. The van der Waals surface area contributed by atoms with Gasteiger partial charge in [0.25, 0.3) is 0 Å². The van der Waals surface area contributed by atoms with Crippen LogP contribution in [0.1, 0.15) is 22.6 Å². The average Bonchev–Trinajstić information content (AvgIpc) is 3.47. The van der Waals surface area contributed by atoms with E-state index in [9.17, 15) is 9.36 Å². The lowest BCUT2D eigenvalue weighted by Gasteiger charge is -2.27. The second-order valence-corrected chi connectivity index (χ2v) is 9.52. The Morgan fingerprint density at radius 1 is 0.821 bits per heavy atom. The molecule has 0 aliphatic rings. The molecular formula is C23H20NO3P. The first-order valence-electron chi connectivity index (χ1n) is 9.10. The molecule has 4 aromatic rings. The van der Waals surface area contributed by atoms with Crippen molar-refractivity contribution in [3.63, 3.8) is 0 Å². The van der Waals surface area contributed by atoms with E-state index < -0.39 is 12.8 Å². The minimum absolute atomic E-state index is 0.0727. The van der Waals surface area contributed by atoms with Gasteiger partial charge in [0.2, 0.25) is 5.91 Å². The first kappa shape index (κ1) is 18.3. The molecule has 0 aliphatic heterocycles. The highest BCUT2D eigenvalue weighted by molar-refractivity contribution is 7.79. The topological polar surface area (TPSA) is 52.2 Å². The first-order chi connectivity index (χ1) is 13.7. The van der Waals surface area contributed by atoms with Crippen molar-refractivity contribution in [2.75, 3.05) is 0 Å². The molecule has 4 rings (SSSR count). The SMILES string of the molecule is O=C(C[C@@H](c1ccco1)P(=O)(c1ccccc1)c1ccccc1)n1cccc1. The third-order valence-electron chi connectivity index (χ3n) is 4.85. The van der Waals surface area contributed by atoms with Crippen LogP contribution in [-0.4, -0.2) is 10.5 Å². The van der Waals surface area contributed by atoms with Gasteiger partial charge < -0.3 is 8.98 Å². The Morgan fingerprint density at radius 2 is 1.39 bits per heavy atom. The summed E-state index contributed by atoms with van der Waals surface area (Å²) in [5.74, 6) is 0.426. The summed E-state index contributed by atoms with van der Waals surface area (Å²) in [4.78, 5) is 12.9. The van der Waals surface area contributed by atoms with E-state index in [4.69, 9.17) is 4.42 Å². The van der Waals surface area contributed by atoms with Crippen LogP contribution < -0.4 is 10.6 Å². The Hall–Kier alpha value is -3.10. The average molecular weight is 389 g/mol. The van der Waals surface area contributed by atoms with Crippen molar-refractivity contribution in [3.05, 3.63) is 109 Å². The molecule has 0 bridgehead atoms. The normalized spacial score (nSPS) is 12.6. The molecule has 0 amide bonds. The van der Waals surface area contributed by atoms with Gasteiger partial charge in [0.1, 0.15) is 5.76 Å². The molecule has 1 atom stereocenters. The van der Waals surface area contributed by atoms with Gasteiger partial charge in [-0.1, -0.05) is 60.7 Å². The molecule has 0 unspecified atom stereocenters. The number of nitrogens with zero attached hydrogens (tertiary/aromatic N) is 1. The smallest absolute Gasteiger partial charge is 0.231 e. The Morgan fingerprint density at radius 3 is 1.89 bits per heavy atom. The van der Waals surface area contributed by atoms with Crippen molar-refractivity contribution in [1.82, 2.24) is 4.57 Å². The zero-order valence-electron chi connectivity index (χ0n) is 15.2. The number of aromatic nitrogens is 1. The fraction of sp³-hybridized carbons (Fsp3) is 0.0870. The Balaban J connectivity index is 1.87. The zero-order chi connectivity index (χ0) is 19.4. The molecule has 28 heavy (non-hydrogen) atoms. The monoisotopic (exact) mass is 389 g/mol. The summed E-state index contributed by atoms with van der Waals surface area (Å²) < 4.78 is 21.9. The van der Waals surface area contributed by atoms with E-state index in [1.807, 2.05) is 60.7 Å². The predicted octanol–water partition coefficient (Wildman–Crippen LogP) is 4.87. The predicted molar refractivity (Wildman–Crippen MR) is 111 cm³/mol. The molecule has 0 N–H and O–H groups in total. The Labute approximate surface area is 163 Å². The van der Waals surface area contributed by atoms with Crippen molar-refractivity contribution in [2.45, 2.75) is 12.1 Å². The van der Waals surface area contributed by atoms with Crippen LogP contribution in [0.25, 0.3) is 0 Å². The maximum absolute atomic E-state index is 14.7. The largest absolute Gasteiger partial charge is 0.469 e. The quantitative estimate of drug-likeness (QED) is 0.442. The highest BCUT2D eigenvalue weighted by Crippen LogP contribution is 2.59. The van der Waals surface area contributed by atoms with Crippen molar-refractivity contribution in [1.29, 1.82) is 0 Å². The number of hydrogen-bond acceptors (Lipinski definition) is 3. The Kier molecular flexibility index (Phi) is 5.14. The van der Waals surface area contributed by atoms with Gasteiger partial charge >= 0.3 is 0 Å². The number of rotatable bonds is 6. The lowest BCUT2D eigenvalue weighted by atomic mass is 10.2.